The molecule has 0 aromatic heterocycles. The molecule has 2 aliphatic heterocycles. The number of rotatable bonds is 4. The van der Waals surface area contributed by atoms with Crippen LogP contribution < -0.4 is 5.32 Å². The first-order chi connectivity index (χ1) is 8.25. The van der Waals surface area contributed by atoms with E-state index >= 15 is 0 Å². The van der Waals surface area contributed by atoms with E-state index in [2.05, 4.69) is 17.1 Å². The SMILES string of the molecule is CC1CCN(CCNC(=O)[C@H]2CCCO2)CC1. The molecule has 2 rings (SSSR count). The molecule has 2 saturated heterocycles. The zero-order valence-electron chi connectivity index (χ0n) is 10.8. The standard InChI is InChI=1S/C13H24N2O2/c1-11-4-7-15(8-5-11)9-6-14-13(16)12-3-2-10-17-12/h11-12H,2-10H2,1H3,(H,14,16)/t12-/m1/s1. The third-order valence-electron chi connectivity index (χ3n) is 3.83. The Morgan fingerprint density at radius 2 is 2.12 bits per heavy atom. The smallest absolute Gasteiger partial charge is 0.249 e. The molecular formula is C13H24N2O2. The normalized spacial score (nSPS) is 27.2. The van der Waals surface area contributed by atoms with Crippen molar-refractivity contribution in [1.29, 1.82) is 0 Å². The zero-order chi connectivity index (χ0) is 12.1. The number of nitrogens with zero attached hydrogens (tertiary/aromatic N) is 1. The van der Waals surface area contributed by atoms with Crippen LogP contribution in [0.2, 0.25) is 0 Å². The lowest BCUT2D eigenvalue weighted by Gasteiger charge is -2.30. The molecule has 2 aliphatic rings. The minimum absolute atomic E-state index is 0.0767. The molecule has 0 radical (unpaired) electrons. The van der Waals surface area contributed by atoms with Crippen molar-refractivity contribution in [2.24, 2.45) is 5.92 Å². The van der Waals surface area contributed by atoms with Crippen molar-refractivity contribution in [2.45, 2.75) is 38.7 Å². The van der Waals surface area contributed by atoms with Gasteiger partial charge in [0.2, 0.25) is 5.91 Å². The molecule has 4 heteroatoms. The van der Waals surface area contributed by atoms with Gasteiger partial charge in [-0.05, 0) is 44.7 Å². The molecule has 2 heterocycles. The fraction of sp³-hybridized carbons (Fsp3) is 0.923. The zero-order valence-corrected chi connectivity index (χ0v) is 10.8. The van der Waals surface area contributed by atoms with Crippen molar-refractivity contribution >= 4 is 5.91 Å². The van der Waals surface area contributed by atoms with E-state index < -0.39 is 0 Å². The van der Waals surface area contributed by atoms with Gasteiger partial charge in [-0.3, -0.25) is 4.79 Å². The molecular weight excluding hydrogens is 216 g/mol. The number of carbonyl (C=O) groups excluding carboxylic acids is 1. The van der Waals surface area contributed by atoms with Crippen LogP contribution in [0, 0.1) is 5.92 Å². The summed E-state index contributed by atoms with van der Waals surface area (Å²) in [6, 6.07) is 0. The number of hydrogen-bond acceptors (Lipinski definition) is 3. The summed E-state index contributed by atoms with van der Waals surface area (Å²) in [6.45, 7) is 7.14. The van der Waals surface area contributed by atoms with Crippen molar-refractivity contribution in [1.82, 2.24) is 10.2 Å². The highest BCUT2D eigenvalue weighted by atomic mass is 16.5. The first kappa shape index (κ1) is 12.8. The first-order valence-electron chi connectivity index (χ1n) is 6.87. The summed E-state index contributed by atoms with van der Waals surface area (Å²) in [5.41, 5.74) is 0. The van der Waals surface area contributed by atoms with Gasteiger partial charge in [-0.2, -0.15) is 0 Å². The quantitative estimate of drug-likeness (QED) is 0.797. The molecule has 0 aromatic carbocycles. The highest BCUT2D eigenvalue weighted by Crippen LogP contribution is 2.15. The van der Waals surface area contributed by atoms with Gasteiger partial charge < -0.3 is 15.0 Å². The number of amides is 1. The van der Waals surface area contributed by atoms with Crippen LogP contribution in [0.15, 0.2) is 0 Å². The van der Waals surface area contributed by atoms with Crippen LogP contribution in [0.1, 0.15) is 32.6 Å². The van der Waals surface area contributed by atoms with E-state index in [9.17, 15) is 4.79 Å². The molecule has 0 spiro atoms. The number of hydrogen-bond donors (Lipinski definition) is 1. The lowest BCUT2D eigenvalue weighted by atomic mass is 9.99. The van der Waals surface area contributed by atoms with Crippen molar-refractivity contribution in [3.63, 3.8) is 0 Å². The van der Waals surface area contributed by atoms with E-state index in [0.717, 1.165) is 38.5 Å². The number of piperidine rings is 1. The Labute approximate surface area is 104 Å². The van der Waals surface area contributed by atoms with Gasteiger partial charge in [0.15, 0.2) is 0 Å². The lowest BCUT2D eigenvalue weighted by Crippen LogP contribution is -2.41. The van der Waals surface area contributed by atoms with Gasteiger partial charge in [0.1, 0.15) is 6.10 Å². The van der Waals surface area contributed by atoms with E-state index in [0.29, 0.717) is 0 Å². The Morgan fingerprint density at radius 3 is 2.76 bits per heavy atom. The number of likely N-dealkylation sites (tertiary alicyclic amines) is 1. The molecule has 1 N–H and O–H groups in total. The largest absolute Gasteiger partial charge is 0.368 e. The van der Waals surface area contributed by atoms with Crippen LogP contribution in [0.3, 0.4) is 0 Å². The molecule has 1 atom stereocenters. The number of nitrogens with one attached hydrogen (secondary N) is 1. The van der Waals surface area contributed by atoms with Crippen LogP contribution in [0.5, 0.6) is 0 Å². The summed E-state index contributed by atoms with van der Waals surface area (Å²) in [5.74, 6) is 0.945. The Hall–Kier alpha value is -0.610. The highest BCUT2D eigenvalue weighted by molar-refractivity contribution is 5.80. The summed E-state index contributed by atoms with van der Waals surface area (Å²) in [4.78, 5) is 14.1. The van der Waals surface area contributed by atoms with Gasteiger partial charge >= 0.3 is 0 Å². The van der Waals surface area contributed by atoms with E-state index in [-0.39, 0.29) is 12.0 Å². The topological polar surface area (TPSA) is 41.6 Å². The van der Waals surface area contributed by atoms with Gasteiger partial charge in [0, 0.05) is 19.7 Å². The lowest BCUT2D eigenvalue weighted by molar-refractivity contribution is -0.130. The maximum Gasteiger partial charge on any atom is 0.249 e. The Bertz CT molecular complexity index is 244. The average molecular weight is 240 g/mol. The summed E-state index contributed by atoms with van der Waals surface area (Å²) < 4.78 is 5.35. The van der Waals surface area contributed by atoms with Gasteiger partial charge in [-0.15, -0.1) is 0 Å². The van der Waals surface area contributed by atoms with Crippen LogP contribution in [0.25, 0.3) is 0 Å². The van der Waals surface area contributed by atoms with Crippen molar-refractivity contribution in [3.05, 3.63) is 0 Å². The molecule has 0 aliphatic carbocycles. The predicted molar refractivity (Wildman–Crippen MR) is 66.8 cm³/mol. The fourth-order valence-corrected chi connectivity index (χ4v) is 2.52. The molecule has 1 amide bonds. The Morgan fingerprint density at radius 1 is 1.35 bits per heavy atom. The number of ether oxygens (including phenoxy) is 1. The first-order valence-corrected chi connectivity index (χ1v) is 6.87. The van der Waals surface area contributed by atoms with Gasteiger partial charge in [0.05, 0.1) is 0 Å². The van der Waals surface area contributed by atoms with E-state index in [1.807, 2.05) is 0 Å². The monoisotopic (exact) mass is 240 g/mol. The van der Waals surface area contributed by atoms with Crippen LogP contribution in [0.4, 0.5) is 0 Å². The Kier molecular flexibility index (Phi) is 4.80. The summed E-state index contributed by atoms with van der Waals surface area (Å²) >= 11 is 0. The molecule has 0 saturated carbocycles. The molecule has 98 valence electrons. The molecule has 2 fully saturated rings. The minimum atomic E-state index is -0.184. The van der Waals surface area contributed by atoms with Crippen LogP contribution in [-0.2, 0) is 9.53 Å². The molecule has 4 nitrogen and oxygen atoms in total. The Balaban J connectivity index is 1.57. The van der Waals surface area contributed by atoms with Crippen LogP contribution >= 0.6 is 0 Å². The number of carbonyl (C=O) groups is 1. The summed E-state index contributed by atoms with van der Waals surface area (Å²) in [6.07, 6.45) is 4.30. The molecule has 0 aromatic rings. The third-order valence-corrected chi connectivity index (χ3v) is 3.83. The third kappa shape index (κ3) is 3.96. The summed E-state index contributed by atoms with van der Waals surface area (Å²) in [7, 11) is 0. The van der Waals surface area contributed by atoms with Crippen LogP contribution in [-0.4, -0.2) is 49.7 Å². The second kappa shape index (κ2) is 6.36. The second-order valence-corrected chi connectivity index (χ2v) is 5.32. The molecule has 0 bridgehead atoms. The molecule has 17 heavy (non-hydrogen) atoms. The highest BCUT2D eigenvalue weighted by Gasteiger charge is 2.23. The van der Waals surface area contributed by atoms with E-state index in [1.165, 1.54) is 25.9 Å². The maximum absolute atomic E-state index is 11.7. The average Bonchev–Trinajstić information content (AvgIpc) is 2.85. The van der Waals surface area contributed by atoms with Crippen molar-refractivity contribution < 1.29 is 9.53 Å². The van der Waals surface area contributed by atoms with E-state index in [1.54, 1.807) is 0 Å². The maximum atomic E-state index is 11.7. The van der Waals surface area contributed by atoms with E-state index in [4.69, 9.17) is 4.74 Å². The fourth-order valence-electron chi connectivity index (χ4n) is 2.52. The van der Waals surface area contributed by atoms with Gasteiger partial charge in [0.25, 0.3) is 0 Å². The van der Waals surface area contributed by atoms with Crippen molar-refractivity contribution in [3.8, 4) is 0 Å². The summed E-state index contributed by atoms with van der Waals surface area (Å²) in [5, 5.41) is 2.98. The van der Waals surface area contributed by atoms with Gasteiger partial charge in [-0.1, -0.05) is 6.92 Å². The predicted octanol–water partition coefficient (Wildman–Crippen LogP) is 1.01. The second-order valence-electron chi connectivity index (χ2n) is 5.32. The van der Waals surface area contributed by atoms with Gasteiger partial charge in [-0.25, -0.2) is 0 Å². The minimum Gasteiger partial charge on any atom is -0.368 e. The molecule has 0 unspecified atom stereocenters. The van der Waals surface area contributed by atoms with Crippen molar-refractivity contribution in [2.75, 3.05) is 32.8 Å².